The van der Waals surface area contributed by atoms with Crippen LogP contribution in [0.25, 0.3) is 0 Å². The number of carbonyl (C=O) groups is 4. The molecule has 0 aliphatic carbocycles. The molecule has 0 aliphatic rings. The standard InChI is InChI=1S/C21H22N2O7/c1-23(20(27)15-10-6-3-7-11-15)30-19(22)18(26)16(12-17(24)25)21(28)29-13-14-8-4-2-5-9-14/h2-11,16,19H,12-13,22H2,1H3,(H,24,25). The van der Waals surface area contributed by atoms with E-state index >= 15 is 0 Å². The fourth-order valence-corrected chi connectivity index (χ4v) is 2.53. The van der Waals surface area contributed by atoms with Gasteiger partial charge in [0.2, 0.25) is 0 Å². The molecule has 30 heavy (non-hydrogen) atoms. The van der Waals surface area contributed by atoms with Gasteiger partial charge in [-0.3, -0.25) is 24.9 Å². The van der Waals surface area contributed by atoms with Gasteiger partial charge < -0.3 is 9.84 Å². The van der Waals surface area contributed by atoms with Gasteiger partial charge in [-0.25, -0.2) is 9.90 Å². The fourth-order valence-electron chi connectivity index (χ4n) is 2.53. The largest absolute Gasteiger partial charge is 0.481 e. The number of hydrogen-bond donors (Lipinski definition) is 2. The first-order chi connectivity index (χ1) is 14.3. The zero-order valence-electron chi connectivity index (χ0n) is 16.3. The van der Waals surface area contributed by atoms with Crippen molar-refractivity contribution in [3.63, 3.8) is 0 Å². The second kappa shape index (κ2) is 10.8. The lowest BCUT2D eigenvalue weighted by molar-refractivity contribution is -0.175. The van der Waals surface area contributed by atoms with Crippen molar-refractivity contribution in [2.24, 2.45) is 11.7 Å². The first-order valence-corrected chi connectivity index (χ1v) is 9.01. The summed E-state index contributed by atoms with van der Waals surface area (Å²) in [5, 5.41) is 9.82. The molecule has 2 unspecified atom stereocenters. The maximum Gasteiger partial charge on any atom is 0.317 e. The van der Waals surface area contributed by atoms with E-state index in [2.05, 4.69) is 0 Å². The third-order valence-corrected chi connectivity index (χ3v) is 4.09. The number of benzene rings is 2. The summed E-state index contributed by atoms with van der Waals surface area (Å²) < 4.78 is 5.07. The summed E-state index contributed by atoms with van der Waals surface area (Å²) in [4.78, 5) is 53.4. The van der Waals surface area contributed by atoms with Gasteiger partial charge in [-0.1, -0.05) is 48.5 Å². The van der Waals surface area contributed by atoms with Crippen molar-refractivity contribution in [2.75, 3.05) is 7.05 Å². The maximum atomic E-state index is 12.6. The Bertz CT molecular complexity index is 887. The molecule has 0 heterocycles. The van der Waals surface area contributed by atoms with Crippen molar-refractivity contribution in [3.8, 4) is 0 Å². The summed E-state index contributed by atoms with van der Waals surface area (Å²) in [5.74, 6) is -5.68. The minimum atomic E-state index is -1.74. The van der Waals surface area contributed by atoms with E-state index in [0.29, 0.717) is 11.1 Å². The number of Topliss-reactive ketones (excluding diaryl/α,β-unsaturated/α-hetero) is 1. The SMILES string of the molecule is CN(OC(N)C(=O)C(CC(=O)O)C(=O)OCc1ccccc1)C(=O)c1ccccc1. The lowest BCUT2D eigenvalue weighted by Crippen LogP contribution is -2.46. The van der Waals surface area contributed by atoms with Gasteiger partial charge in [-0.05, 0) is 17.7 Å². The first-order valence-electron chi connectivity index (χ1n) is 9.01. The van der Waals surface area contributed by atoms with Crippen LogP contribution in [0.1, 0.15) is 22.3 Å². The smallest absolute Gasteiger partial charge is 0.317 e. The number of carboxylic acid groups (broad SMARTS) is 1. The van der Waals surface area contributed by atoms with Gasteiger partial charge in [0.05, 0.1) is 6.42 Å². The zero-order valence-corrected chi connectivity index (χ0v) is 16.3. The highest BCUT2D eigenvalue weighted by Crippen LogP contribution is 2.14. The Morgan fingerprint density at radius 1 is 1.00 bits per heavy atom. The van der Waals surface area contributed by atoms with Gasteiger partial charge in [-0.2, -0.15) is 0 Å². The highest BCUT2D eigenvalue weighted by Gasteiger charge is 2.36. The molecule has 0 saturated carbocycles. The zero-order chi connectivity index (χ0) is 22.1. The van der Waals surface area contributed by atoms with Crippen LogP contribution in [0.3, 0.4) is 0 Å². The Morgan fingerprint density at radius 3 is 2.13 bits per heavy atom. The van der Waals surface area contributed by atoms with Gasteiger partial charge in [0.1, 0.15) is 12.5 Å². The molecule has 3 N–H and O–H groups in total. The highest BCUT2D eigenvalue weighted by molar-refractivity contribution is 6.03. The van der Waals surface area contributed by atoms with Gasteiger partial charge in [0, 0.05) is 12.6 Å². The lowest BCUT2D eigenvalue weighted by atomic mass is 9.99. The molecule has 2 aromatic rings. The summed E-state index contributed by atoms with van der Waals surface area (Å²) in [6, 6.07) is 16.8. The number of rotatable bonds is 10. The normalized spacial score (nSPS) is 12.5. The average Bonchev–Trinajstić information content (AvgIpc) is 2.75. The van der Waals surface area contributed by atoms with Crippen LogP contribution in [0, 0.1) is 5.92 Å². The number of carboxylic acids is 1. The van der Waals surface area contributed by atoms with E-state index in [9.17, 15) is 19.2 Å². The molecule has 0 bridgehead atoms. The van der Waals surface area contributed by atoms with Crippen LogP contribution >= 0.6 is 0 Å². The summed E-state index contributed by atoms with van der Waals surface area (Å²) in [6.07, 6.45) is -2.56. The molecule has 0 aliphatic heterocycles. The van der Waals surface area contributed by atoms with Crippen LogP contribution in [0.4, 0.5) is 0 Å². The molecule has 1 amide bonds. The lowest BCUT2D eigenvalue weighted by Gasteiger charge is -2.23. The van der Waals surface area contributed by atoms with Crippen molar-refractivity contribution >= 4 is 23.6 Å². The number of nitrogens with two attached hydrogens (primary N) is 1. The molecular weight excluding hydrogens is 392 g/mol. The van der Waals surface area contributed by atoms with Crippen LogP contribution in [-0.2, 0) is 30.6 Å². The summed E-state index contributed by atoms with van der Waals surface area (Å²) in [5.41, 5.74) is 6.65. The van der Waals surface area contributed by atoms with Crippen molar-refractivity contribution < 1.29 is 33.9 Å². The summed E-state index contributed by atoms with van der Waals surface area (Å²) in [7, 11) is 1.25. The van der Waals surface area contributed by atoms with E-state index in [1.165, 1.54) is 7.05 Å². The summed E-state index contributed by atoms with van der Waals surface area (Å²) >= 11 is 0. The molecule has 0 radical (unpaired) electrons. The number of aliphatic carboxylic acids is 1. The number of hydrogen-bond acceptors (Lipinski definition) is 7. The fraction of sp³-hybridized carbons (Fsp3) is 0.238. The molecule has 9 nitrogen and oxygen atoms in total. The number of amides is 1. The average molecular weight is 414 g/mol. The highest BCUT2D eigenvalue weighted by atomic mass is 16.7. The third kappa shape index (κ3) is 6.50. The number of ketones is 1. The molecule has 0 aromatic heterocycles. The number of hydroxylamine groups is 2. The van der Waals surface area contributed by atoms with Crippen LogP contribution in [0.2, 0.25) is 0 Å². The number of esters is 1. The molecule has 0 saturated heterocycles. The molecule has 158 valence electrons. The van der Waals surface area contributed by atoms with Crippen LogP contribution in [-0.4, -0.2) is 47.1 Å². The molecule has 2 rings (SSSR count). The Balaban J connectivity index is 2.02. The van der Waals surface area contributed by atoms with E-state index < -0.39 is 42.2 Å². The Kier molecular flexibility index (Phi) is 8.21. The van der Waals surface area contributed by atoms with E-state index in [1.54, 1.807) is 60.7 Å². The monoisotopic (exact) mass is 414 g/mol. The minimum Gasteiger partial charge on any atom is -0.481 e. The molecular formula is C21H22N2O7. The van der Waals surface area contributed by atoms with Gasteiger partial charge in [-0.15, -0.1) is 0 Å². The minimum absolute atomic E-state index is 0.133. The quantitative estimate of drug-likeness (QED) is 0.258. The second-order valence-corrected chi connectivity index (χ2v) is 6.34. The Hall–Kier alpha value is -3.56. The topological polar surface area (TPSA) is 136 Å². The van der Waals surface area contributed by atoms with Crippen molar-refractivity contribution in [2.45, 2.75) is 19.3 Å². The number of carbonyl (C=O) groups excluding carboxylic acids is 3. The van der Waals surface area contributed by atoms with Gasteiger partial charge in [0.15, 0.2) is 12.0 Å². The van der Waals surface area contributed by atoms with Crippen molar-refractivity contribution in [3.05, 3.63) is 71.8 Å². The molecule has 9 heteroatoms. The van der Waals surface area contributed by atoms with Crippen molar-refractivity contribution in [1.82, 2.24) is 5.06 Å². The van der Waals surface area contributed by atoms with Crippen LogP contribution in [0.15, 0.2) is 60.7 Å². The van der Waals surface area contributed by atoms with Gasteiger partial charge in [0.25, 0.3) is 5.91 Å². The summed E-state index contributed by atoms with van der Waals surface area (Å²) in [6.45, 7) is -0.133. The predicted molar refractivity (Wildman–Crippen MR) is 105 cm³/mol. The van der Waals surface area contributed by atoms with Crippen LogP contribution in [0.5, 0.6) is 0 Å². The van der Waals surface area contributed by atoms with Crippen molar-refractivity contribution in [1.29, 1.82) is 0 Å². The van der Waals surface area contributed by atoms with E-state index in [0.717, 1.165) is 5.06 Å². The second-order valence-electron chi connectivity index (χ2n) is 6.34. The number of ether oxygens (including phenoxy) is 1. The maximum absolute atomic E-state index is 12.6. The van der Waals surface area contributed by atoms with E-state index in [1.807, 2.05) is 0 Å². The van der Waals surface area contributed by atoms with E-state index in [4.69, 9.17) is 20.4 Å². The Morgan fingerprint density at radius 2 is 1.57 bits per heavy atom. The van der Waals surface area contributed by atoms with Crippen LogP contribution < -0.4 is 5.73 Å². The third-order valence-electron chi connectivity index (χ3n) is 4.09. The molecule has 0 spiro atoms. The molecule has 2 atom stereocenters. The predicted octanol–water partition coefficient (Wildman–Crippen LogP) is 1.38. The molecule has 0 fully saturated rings. The molecule has 2 aromatic carbocycles. The van der Waals surface area contributed by atoms with E-state index in [-0.39, 0.29) is 6.61 Å². The Labute approximate surface area is 172 Å². The first kappa shape index (κ1) is 22.7. The van der Waals surface area contributed by atoms with Gasteiger partial charge >= 0.3 is 11.9 Å². The number of nitrogens with zero attached hydrogens (tertiary/aromatic N) is 1.